The molecule has 52 valence electrons. The fraction of sp³-hybridized carbons (Fsp3) is 0.857. The monoisotopic (exact) mass is 130 g/mol. The molecule has 0 saturated heterocycles. The van der Waals surface area contributed by atoms with Crippen LogP contribution in [-0.2, 0) is 4.79 Å². The first kappa shape index (κ1) is 6.72. The van der Waals surface area contributed by atoms with Gasteiger partial charge in [0, 0.05) is 5.41 Å². The normalized spacial score (nSPS) is 22.8. The molecule has 0 aromatic heterocycles. The predicted molar refractivity (Wildman–Crippen MR) is 32.9 cm³/mol. The Bertz CT molecular complexity index is 107. The number of carbonyl (C=O) groups excluding carboxylic acids is 1. The van der Waals surface area contributed by atoms with Crippen LogP contribution in [0.3, 0.4) is 0 Å². The van der Waals surface area contributed by atoms with Gasteiger partial charge in [-0.1, -0.05) is 6.42 Å². The van der Waals surface area contributed by atoms with Gasteiger partial charge in [-0.2, -0.15) is 0 Å². The lowest BCUT2D eigenvalue weighted by Crippen LogP contribution is -2.31. The van der Waals surface area contributed by atoms with Gasteiger partial charge >= 0.3 is 0 Å². The molecule has 2 heteroatoms. The standard InChI is InChI=1S/C7H11FO/c8-5-4-7(6-9)2-1-3-7/h6H,1-5H2. The Hall–Kier alpha value is -0.400. The second-order valence-corrected chi connectivity index (χ2v) is 2.77. The highest BCUT2D eigenvalue weighted by Gasteiger charge is 2.35. The van der Waals surface area contributed by atoms with Crippen LogP contribution in [0, 0.1) is 5.41 Å². The summed E-state index contributed by atoms with van der Waals surface area (Å²) in [7, 11) is 0. The van der Waals surface area contributed by atoms with Gasteiger partial charge in [-0.05, 0) is 19.3 Å². The largest absolute Gasteiger partial charge is 0.303 e. The maximum Gasteiger partial charge on any atom is 0.126 e. The Balaban J connectivity index is 2.37. The molecule has 0 aromatic rings. The number of hydrogen-bond acceptors (Lipinski definition) is 1. The maximum atomic E-state index is 11.7. The number of alkyl halides is 1. The third-order valence-corrected chi connectivity index (χ3v) is 2.19. The third-order valence-electron chi connectivity index (χ3n) is 2.19. The van der Waals surface area contributed by atoms with Gasteiger partial charge in [0.15, 0.2) is 0 Å². The maximum absolute atomic E-state index is 11.7. The second kappa shape index (κ2) is 2.46. The number of rotatable bonds is 3. The molecule has 0 N–H and O–H groups in total. The van der Waals surface area contributed by atoms with Crippen LogP contribution in [0.25, 0.3) is 0 Å². The molecule has 0 spiro atoms. The van der Waals surface area contributed by atoms with E-state index in [1.165, 1.54) is 0 Å². The Morgan fingerprint density at radius 3 is 2.33 bits per heavy atom. The molecule has 0 unspecified atom stereocenters. The van der Waals surface area contributed by atoms with E-state index in [0.717, 1.165) is 25.5 Å². The highest BCUT2D eigenvalue weighted by atomic mass is 19.1. The first-order valence-corrected chi connectivity index (χ1v) is 3.35. The number of hydrogen-bond donors (Lipinski definition) is 0. The summed E-state index contributed by atoms with van der Waals surface area (Å²) in [5.74, 6) is 0. The molecule has 0 radical (unpaired) electrons. The Morgan fingerprint density at radius 1 is 1.56 bits per heavy atom. The van der Waals surface area contributed by atoms with Gasteiger partial charge in [0.25, 0.3) is 0 Å². The average Bonchev–Trinajstić information content (AvgIpc) is 1.79. The van der Waals surface area contributed by atoms with E-state index in [-0.39, 0.29) is 12.1 Å². The lowest BCUT2D eigenvalue weighted by molar-refractivity contribution is -0.121. The first-order chi connectivity index (χ1) is 4.33. The minimum atomic E-state index is -0.348. The Morgan fingerprint density at radius 2 is 2.22 bits per heavy atom. The van der Waals surface area contributed by atoms with Gasteiger partial charge in [-0.25, -0.2) is 0 Å². The van der Waals surface area contributed by atoms with E-state index >= 15 is 0 Å². The van der Waals surface area contributed by atoms with Crippen LogP contribution in [0.15, 0.2) is 0 Å². The van der Waals surface area contributed by atoms with E-state index in [2.05, 4.69) is 0 Å². The van der Waals surface area contributed by atoms with Crippen molar-refractivity contribution >= 4 is 6.29 Å². The molecular weight excluding hydrogens is 119 g/mol. The van der Waals surface area contributed by atoms with Crippen molar-refractivity contribution in [1.29, 1.82) is 0 Å². The summed E-state index contributed by atoms with van der Waals surface area (Å²) in [5, 5.41) is 0. The number of aldehydes is 1. The van der Waals surface area contributed by atoms with Crippen LogP contribution in [0.5, 0.6) is 0 Å². The van der Waals surface area contributed by atoms with Gasteiger partial charge in [-0.3, -0.25) is 4.39 Å². The molecule has 1 fully saturated rings. The van der Waals surface area contributed by atoms with Crippen LogP contribution in [-0.4, -0.2) is 13.0 Å². The summed E-state index contributed by atoms with van der Waals surface area (Å²) in [6, 6.07) is 0. The van der Waals surface area contributed by atoms with E-state index in [9.17, 15) is 9.18 Å². The van der Waals surface area contributed by atoms with Crippen LogP contribution in [0.2, 0.25) is 0 Å². The molecule has 1 aliphatic carbocycles. The van der Waals surface area contributed by atoms with Crippen molar-refractivity contribution in [1.82, 2.24) is 0 Å². The lowest BCUT2D eigenvalue weighted by atomic mass is 9.68. The van der Waals surface area contributed by atoms with Crippen LogP contribution in [0.1, 0.15) is 25.7 Å². The van der Waals surface area contributed by atoms with E-state index in [1.807, 2.05) is 0 Å². The molecule has 1 saturated carbocycles. The van der Waals surface area contributed by atoms with Crippen molar-refractivity contribution < 1.29 is 9.18 Å². The van der Waals surface area contributed by atoms with Crippen molar-refractivity contribution in [2.45, 2.75) is 25.7 Å². The summed E-state index contributed by atoms with van der Waals surface area (Å²) in [5.41, 5.74) is -0.241. The highest BCUT2D eigenvalue weighted by molar-refractivity contribution is 5.60. The van der Waals surface area contributed by atoms with Crippen molar-refractivity contribution in [2.24, 2.45) is 5.41 Å². The van der Waals surface area contributed by atoms with E-state index in [0.29, 0.717) is 6.42 Å². The van der Waals surface area contributed by atoms with Crippen molar-refractivity contribution in [3.05, 3.63) is 0 Å². The molecular formula is C7H11FO. The van der Waals surface area contributed by atoms with Gasteiger partial charge in [0.05, 0.1) is 6.67 Å². The van der Waals surface area contributed by atoms with E-state index < -0.39 is 0 Å². The minimum Gasteiger partial charge on any atom is -0.303 e. The predicted octanol–water partition coefficient (Wildman–Crippen LogP) is 1.72. The summed E-state index contributed by atoms with van der Waals surface area (Å²) >= 11 is 0. The molecule has 1 nitrogen and oxygen atoms in total. The topological polar surface area (TPSA) is 17.1 Å². The lowest BCUT2D eigenvalue weighted by Gasteiger charge is -2.35. The third kappa shape index (κ3) is 1.12. The Labute approximate surface area is 54.3 Å². The van der Waals surface area contributed by atoms with Crippen molar-refractivity contribution in [3.63, 3.8) is 0 Å². The zero-order valence-corrected chi connectivity index (χ0v) is 5.40. The quantitative estimate of drug-likeness (QED) is 0.531. The second-order valence-electron chi connectivity index (χ2n) is 2.77. The fourth-order valence-corrected chi connectivity index (χ4v) is 1.25. The molecule has 0 atom stereocenters. The average molecular weight is 130 g/mol. The van der Waals surface area contributed by atoms with Crippen LogP contribution >= 0.6 is 0 Å². The molecule has 0 aromatic carbocycles. The highest BCUT2D eigenvalue weighted by Crippen LogP contribution is 2.41. The van der Waals surface area contributed by atoms with Crippen molar-refractivity contribution in [3.8, 4) is 0 Å². The van der Waals surface area contributed by atoms with E-state index in [4.69, 9.17) is 0 Å². The summed E-state index contributed by atoms with van der Waals surface area (Å²) < 4.78 is 11.7. The molecule has 9 heavy (non-hydrogen) atoms. The van der Waals surface area contributed by atoms with E-state index in [1.54, 1.807) is 0 Å². The van der Waals surface area contributed by atoms with Crippen molar-refractivity contribution in [2.75, 3.05) is 6.67 Å². The number of carbonyl (C=O) groups is 1. The van der Waals surface area contributed by atoms with Gasteiger partial charge in [-0.15, -0.1) is 0 Å². The fourth-order valence-electron chi connectivity index (χ4n) is 1.25. The molecule has 1 rings (SSSR count). The molecule has 0 bridgehead atoms. The molecule has 0 aliphatic heterocycles. The van der Waals surface area contributed by atoms with Crippen LogP contribution in [0.4, 0.5) is 4.39 Å². The zero-order valence-electron chi connectivity index (χ0n) is 5.40. The SMILES string of the molecule is O=CC1(CCF)CCC1. The summed E-state index contributed by atoms with van der Waals surface area (Å²) in [4.78, 5) is 10.3. The minimum absolute atomic E-state index is 0.241. The first-order valence-electron chi connectivity index (χ1n) is 3.35. The van der Waals surface area contributed by atoms with Crippen LogP contribution < -0.4 is 0 Å². The molecule has 1 aliphatic rings. The van der Waals surface area contributed by atoms with Gasteiger partial charge < -0.3 is 4.79 Å². The Kier molecular flexibility index (Phi) is 1.84. The summed E-state index contributed by atoms with van der Waals surface area (Å²) in [6.07, 6.45) is 4.27. The molecule has 0 amide bonds. The smallest absolute Gasteiger partial charge is 0.126 e. The zero-order chi connectivity index (χ0) is 6.74. The number of halogens is 1. The summed E-state index contributed by atoms with van der Waals surface area (Å²) in [6.45, 7) is -0.348. The van der Waals surface area contributed by atoms with Gasteiger partial charge in [0.2, 0.25) is 0 Å². The van der Waals surface area contributed by atoms with Gasteiger partial charge in [0.1, 0.15) is 6.29 Å². The molecule has 0 heterocycles.